The summed E-state index contributed by atoms with van der Waals surface area (Å²) in [5.41, 5.74) is 8.61. The molecule has 7 nitrogen and oxygen atoms in total. The maximum absolute atomic E-state index is 11.6. The number of aromatic nitrogens is 3. The number of hydrogen-bond acceptors (Lipinski definition) is 6. The van der Waals surface area contributed by atoms with Crippen LogP contribution in [0.15, 0.2) is 12.3 Å². The average molecular weight is 289 g/mol. The molecule has 1 fully saturated rings. The minimum absolute atomic E-state index is 0.0114. The van der Waals surface area contributed by atoms with Crippen LogP contribution in [-0.2, 0) is 9.53 Å². The van der Waals surface area contributed by atoms with Crippen LogP contribution < -0.4 is 10.6 Å². The van der Waals surface area contributed by atoms with Crippen LogP contribution in [0.4, 0.5) is 11.6 Å². The fourth-order valence-electron chi connectivity index (χ4n) is 2.89. The highest BCUT2D eigenvalue weighted by Crippen LogP contribution is 2.27. The number of piperidine rings is 1. The Bertz CT molecular complexity index is 673. The van der Waals surface area contributed by atoms with Gasteiger partial charge in [0, 0.05) is 13.1 Å². The van der Waals surface area contributed by atoms with Gasteiger partial charge in [-0.25, -0.2) is 4.52 Å². The van der Waals surface area contributed by atoms with E-state index in [1.165, 1.54) is 7.11 Å². The topological polar surface area (TPSA) is 85.8 Å². The average Bonchev–Trinajstić information content (AvgIpc) is 2.85. The number of carbonyl (C=O) groups is 1. The monoisotopic (exact) mass is 289 g/mol. The Morgan fingerprint density at radius 3 is 2.81 bits per heavy atom. The van der Waals surface area contributed by atoms with Crippen LogP contribution in [0.5, 0.6) is 0 Å². The maximum Gasteiger partial charge on any atom is 0.308 e. The van der Waals surface area contributed by atoms with Crippen LogP contribution in [0.3, 0.4) is 0 Å². The van der Waals surface area contributed by atoms with Crippen molar-refractivity contribution < 1.29 is 9.53 Å². The molecule has 7 heteroatoms. The molecule has 0 unspecified atom stereocenters. The molecule has 0 bridgehead atoms. The molecule has 3 rings (SSSR count). The van der Waals surface area contributed by atoms with Gasteiger partial charge in [0.15, 0.2) is 5.65 Å². The smallest absolute Gasteiger partial charge is 0.308 e. The number of hydrogen-bond donors (Lipinski definition) is 1. The third kappa shape index (κ3) is 2.51. The molecule has 2 aromatic rings. The molecule has 0 radical (unpaired) electrons. The first-order chi connectivity index (χ1) is 10.1. The maximum atomic E-state index is 11.6. The number of aryl methyl sites for hydroxylation is 1. The van der Waals surface area contributed by atoms with Crippen molar-refractivity contribution in [1.82, 2.24) is 14.6 Å². The molecular formula is C14H19N5O2. The number of nitrogen functional groups attached to an aromatic ring is 1. The van der Waals surface area contributed by atoms with Gasteiger partial charge in [-0.15, -0.1) is 5.10 Å². The summed E-state index contributed by atoms with van der Waals surface area (Å²) in [6.07, 6.45) is 3.57. The molecular weight excluding hydrogens is 270 g/mol. The fraction of sp³-hybridized carbons (Fsp3) is 0.500. The molecule has 2 aromatic heterocycles. The van der Waals surface area contributed by atoms with E-state index in [2.05, 4.69) is 15.0 Å². The zero-order chi connectivity index (χ0) is 15.0. The summed E-state index contributed by atoms with van der Waals surface area (Å²) >= 11 is 0. The minimum Gasteiger partial charge on any atom is -0.469 e. The molecule has 2 N–H and O–H groups in total. The summed E-state index contributed by atoms with van der Waals surface area (Å²) in [4.78, 5) is 18.0. The molecule has 1 saturated heterocycles. The number of rotatable bonds is 2. The van der Waals surface area contributed by atoms with Crippen molar-refractivity contribution in [3.05, 3.63) is 17.8 Å². The number of anilines is 2. The zero-order valence-corrected chi connectivity index (χ0v) is 12.2. The number of pyridine rings is 1. The highest BCUT2D eigenvalue weighted by molar-refractivity contribution is 5.72. The Hall–Kier alpha value is -2.31. The van der Waals surface area contributed by atoms with E-state index in [4.69, 9.17) is 10.5 Å². The predicted molar refractivity (Wildman–Crippen MR) is 79.1 cm³/mol. The second-order valence-corrected chi connectivity index (χ2v) is 5.40. The summed E-state index contributed by atoms with van der Waals surface area (Å²) in [6.45, 7) is 3.71. The summed E-state index contributed by atoms with van der Waals surface area (Å²) < 4.78 is 6.52. The van der Waals surface area contributed by atoms with E-state index in [1.54, 1.807) is 4.52 Å². The van der Waals surface area contributed by atoms with Crippen LogP contribution in [-0.4, -0.2) is 40.8 Å². The molecule has 3 heterocycles. The van der Waals surface area contributed by atoms with Crippen molar-refractivity contribution in [2.45, 2.75) is 19.8 Å². The van der Waals surface area contributed by atoms with Crippen molar-refractivity contribution in [1.29, 1.82) is 0 Å². The molecule has 0 atom stereocenters. The third-order valence-corrected chi connectivity index (χ3v) is 4.04. The van der Waals surface area contributed by atoms with Crippen LogP contribution in [0.2, 0.25) is 0 Å². The molecule has 0 spiro atoms. The lowest BCUT2D eigenvalue weighted by Gasteiger charge is -2.33. The van der Waals surface area contributed by atoms with E-state index < -0.39 is 0 Å². The van der Waals surface area contributed by atoms with Gasteiger partial charge in [0.1, 0.15) is 0 Å². The van der Waals surface area contributed by atoms with E-state index in [9.17, 15) is 4.79 Å². The van der Waals surface area contributed by atoms with Gasteiger partial charge in [-0.2, -0.15) is 4.98 Å². The van der Waals surface area contributed by atoms with Crippen LogP contribution in [0, 0.1) is 12.8 Å². The first-order valence-corrected chi connectivity index (χ1v) is 7.04. The second kappa shape index (κ2) is 5.23. The Kier molecular flexibility index (Phi) is 3.40. The number of methoxy groups -OCH3 is 1. The molecule has 21 heavy (non-hydrogen) atoms. The lowest BCUT2D eigenvalue weighted by Crippen LogP contribution is -2.37. The number of esters is 1. The third-order valence-electron chi connectivity index (χ3n) is 4.04. The molecule has 0 aromatic carbocycles. The van der Waals surface area contributed by atoms with Gasteiger partial charge in [0.25, 0.3) is 0 Å². The van der Waals surface area contributed by atoms with Gasteiger partial charge in [-0.1, -0.05) is 0 Å². The second-order valence-electron chi connectivity index (χ2n) is 5.40. The molecule has 1 aliphatic rings. The first kappa shape index (κ1) is 13.7. The van der Waals surface area contributed by atoms with E-state index in [1.807, 2.05) is 19.2 Å². The van der Waals surface area contributed by atoms with Gasteiger partial charge in [-0.3, -0.25) is 4.79 Å². The fourth-order valence-corrected chi connectivity index (χ4v) is 2.89. The van der Waals surface area contributed by atoms with Crippen LogP contribution in [0.25, 0.3) is 5.65 Å². The molecule has 1 aliphatic heterocycles. The van der Waals surface area contributed by atoms with Crippen molar-refractivity contribution in [2.24, 2.45) is 5.92 Å². The van der Waals surface area contributed by atoms with Gasteiger partial charge in [0.2, 0.25) is 5.95 Å². The van der Waals surface area contributed by atoms with E-state index in [0.29, 0.717) is 0 Å². The summed E-state index contributed by atoms with van der Waals surface area (Å²) in [7, 11) is 1.45. The van der Waals surface area contributed by atoms with Gasteiger partial charge in [0.05, 0.1) is 24.9 Å². The van der Waals surface area contributed by atoms with Crippen LogP contribution >= 0.6 is 0 Å². The van der Waals surface area contributed by atoms with Gasteiger partial charge >= 0.3 is 5.97 Å². The number of fused-ring (bicyclic) bond motifs is 1. The number of ether oxygens (including phenoxy) is 1. The summed E-state index contributed by atoms with van der Waals surface area (Å²) in [5.74, 6) is 0.180. The lowest BCUT2D eigenvalue weighted by atomic mass is 9.96. The largest absolute Gasteiger partial charge is 0.469 e. The molecule has 0 amide bonds. The van der Waals surface area contributed by atoms with Crippen molar-refractivity contribution in [3.63, 3.8) is 0 Å². The van der Waals surface area contributed by atoms with Gasteiger partial charge in [-0.05, 0) is 31.4 Å². The lowest BCUT2D eigenvalue weighted by molar-refractivity contribution is -0.146. The molecule has 112 valence electrons. The van der Waals surface area contributed by atoms with Crippen molar-refractivity contribution in [2.75, 3.05) is 30.8 Å². The Balaban J connectivity index is 1.81. The minimum atomic E-state index is -0.106. The Morgan fingerprint density at radius 1 is 1.43 bits per heavy atom. The van der Waals surface area contributed by atoms with E-state index in [-0.39, 0.29) is 17.8 Å². The number of nitrogens with zero attached hydrogens (tertiary/aromatic N) is 4. The summed E-state index contributed by atoms with van der Waals surface area (Å²) in [5, 5.41) is 4.15. The summed E-state index contributed by atoms with van der Waals surface area (Å²) in [6, 6.07) is 1.98. The number of nitrogens with two attached hydrogens (primary N) is 1. The SMILES string of the molecule is COC(=O)C1CCN(c2cn3nc(N)nc3cc2C)CC1. The standard InChI is InChI=1S/C14H19N5O2/c1-9-7-12-16-14(15)17-19(12)8-11(9)18-5-3-10(4-6-18)13(20)21-2/h7-8,10H,3-6H2,1-2H3,(H2,15,17). The van der Waals surface area contributed by atoms with E-state index >= 15 is 0 Å². The van der Waals surface area contributed by atoms with E-state index in [0.717, 1.165) is 42.8 Å². The highest BCUT2D eigenvalue weighted by Gasteiger charge is 2.26. The molecule has 0 saturated carbocycles. The normalized spacial score (nSPS) is 16.4. The zero-order valence-electron chi connectivity index (χ0n) is 12.2. The highest BCUT2D eigenvalue weighted by atomic mass is 16.5. The van der Waals surface area contributed by atoms with Crippen molar-refractivity contribution >= 4 is 23.3 Å². The quantitative estimate of drug-likeness (QED) is 0.830. The number of carbonyl (C=O) groups excluding carboxylic acids is 1. The first-order valence-electron chi connectivity index (χ1n) is 7.04. The van der Waals surface area contributed by atoms with Crippen molar-refractivity contribution in [3.8, 4) is 0 Å². The van der Waals surface area contributed by atoms with Gasteiger partial charge < -0.3 is 15.4 Å². The Morgan fingerprint density at radius 2 is 2.14 bits per heavy atom. The van der Waals surface area contributed by atoms with Crippen LogP contribution in [0.1, 0.15) is 18.4 Å². The Labute approximate surface area is 122 Å². The molecule has 0 aliphatic carbocycles. The predicted octanol–water partition coefficient (Wildman–Crippen LogP) is 1.01.